The molecular formula is C20H23ClN4O2. The molecular weight excluding hydrogens is 364 g/mol. The van der Waals surface area contributed by atoms with E-state index in [1.807, 2.05) is 53.2 Å². The van der Waals surface area contributed by atoms with E-state index >= 15 is 0 Å². The van der Waals surface area contributed by atoms with Gasteiger partial charge in [0.25, 0.3) is 5.91 Å². The van der Waals surface area contributed by atoms with Crippen LogP contribution in [0.4, 0.5) is 0 Å². The maximum Gasteiger partial charge on any atom is 0.272 e. The number of benzene rings is 2. The second-order valence-corrected chi connectivity index (χ2v) is 6.67. The van der Waals surface area contributed by atoms with Gasteiger partial charge in [0.2, 0.25) is 0 Å². The first-order valence-corrected chi connectivity index (χ1v) is 9.36. The first kappa shape index (κ1) is 19.4. The van der Waals surface area contributed by atoms with Crippen LogP contribution < -0.4 is 10.6 Å². The normalized spacial score (nSPS) is 11.0. The standard InChI is InChI=1S/C20H23ClN4O2/c21-16-6-3-5-15(13-16)14-25-18-8-2-1-7-17(18)19(24-25)20(27)23-10-4-9-22-11-12-26/h1-3,5-8,13,22,26H,4,9-12,14H2,(H,23,27). The summed E-state index contributed by atoms with van der Waals surface area (Å²) in [4.78, 5) is 12.6. The van der Waals surface area contributed by atoms with Gasteiger partial charge in [-0.05, 0) is 36.7 Å². The molecule has 0 unspecified atom stereocenters. The summed E-state index contributed by atoms with van der Waals surface area (Å²) >= 11 is 6.07. The summed E-state index contributed by atoms with van der Waals surface area (Å²) in [6.07, 6.45) is 0.785. The molecule has 7 heteroatoms. The molecule has 0 spiro atoms. The number of para-hydroxylation sites is 1. The summed E-state index contributed by atoms with van der Waals surface area (Å²) in [7, 11) is 0. The molecule has 6 nitrogen and oxygen atoms in total. The van der Waals surface area contributed by atoms with E-state index in [2.05, 4.69) is 15.7 Å². The summed E-state index contributed by atoms with van der Waals surface area (Å²) < 4.78 is 1.83. The second kappa shape index (κ2) is 9.50. The molecule has 1 aromatic heterocycles. The zero-order valence-electron chi connectivity index (χ0n) is 15.0. The lowest BCUT2D eigenvalue weighted by molar-refractivity contribution is 0.0949. The van der Waals surface area contributed by atoms with Crippen molar-refractivity contribution in [1.29, 1.82) is 0 Å². The molecule has 0 saturated heterocycles. The van der Waals surface area contributed by atoms with Gasteiger partial charge in [-0.3, -0.25) is 9.48 Å². The Kier molecular flexibility index (Phi) is 6.81. The zero-order valence-corrected chi connectivity index (χ0v) is 15.7. The van der Waals surface area contributed by atoms with E-state index in [0.29, 0.717) is 30.4 Å². The Morgan fingerprint density at radius 1 is 1.11 bits per heavy atom. The minimum absolute atomic E-state index is 0.114. The Balaban J connectivity index is 1.73. The Morgan fingerprint density at radius 2 is 1.96 bits per heavy atom. The lowest BCUT2D eigenvalue weighted by Gasteiger charge is -2.05. The van der Waals surface area contributed by atoms with Crippen LogP contribution in [0.3, 0.4) is 0 Å². The number of aliphatic hydroxyl groups is 1. The summed E-state index contributed by atoms with van der Waals surface area (Å²) in [6.45, 7) is 2.51. The van der Waals surface area contributed by atoms with Gasteiger partial charge in [0.1, 0.15) is 0 Å². The van der Waals surface area contributed by atoms with E-state index in [1.165, 1.54) is 0 Å². The van der Waals surface area contributed by atoms with Crippen molar-refractivity contribution in [2.75, 3.05) is 26.2 Å². The van der Waals surface area contributed by atoms with Crippen LogP contribution in [0.2, 0.25) is 5.02 Å². The first-order chi connectivity index (χ1) is 13.2. The number of nitrogens with zero attached hydrogens (tertiary/aromatic N) is 2. The van der Waals surface area contributed by atoms with Crippen molar-refractivity contribution >= 4 is 28.4 Å². The number of hydrogen-bond acceptors (Lipinski definition) is 4. The van der Waals surface area contributed by atoms with Gasteiger partial charge < -0.3 is 15.7 Å². The number of hydrogen-bond donors (Lipinski definition) is 3. The van der Waals surface area contributed by atoms with Gasteiger partial charge >= 0.3 is 0 Å². The highest BCUT2D eigenvalue weighted by atomic mass is 35.5. The lowest BCUT2D eigenvalue weighted by Crippen LogP contribution is -2.28. The number of aromatic nitrogens is 2. The van der Waals surface area contributed by atoms with Crippen LogP contribution >= 0.6 is 11.6 Å². The maximum absolute atomic E-state index is 12.6. The molecule has 0 atom stereocenters. The molecule has 3 rings (SSSR count). The average Bonchev–Trinajstić information content (AvgIpc) is 3.03. The van der Waals surface area contributed by atoms with Gasteiger partial charge in [-0.2, -0.15) is 5.10 Å². The largest absolute Gasteiger partial charge is 0.395 e. The molecule has 2 aromatic carbocycles. The molecule has 0 aliphatic carbocycles. The molecule has 1 heterocycles. The molecule has 27 heavy (non-hydrogen) atoms. The van der Waals surface area contributed by atoms with Gasteiger partial charge in [-0.15, -0.1) is 0 Å². The van der Waals surface area contributed by atoms with Gasteiger partial charge in [0.05, 0.1) is 18.7 Å². The molecule has 1 amide bonds. The fourth-order valence-corrected chi connectivity index (χ4v) is 3.14. The molecule has 0 saturated carbocycles. The maximum atomic E-state index is 12.6. The average molecular weight is 387 g/mol. The molecule has 3 aromatic rings. The third-order valence-corrected chi connectivity index (χ3v) is 4.43. The minimum atomic E-state index is -0.182. The van der Waals surface area contributed by atoms with E-state index in [9.17, 15) is 4.79 Å². The van der Waals surface area contributed by atoms with E-state index in [1.54, 1.807) is 0 Å². The summed E-state index contributed by atoms with van der Waals surface area (Å²) in [6, 6.07) is 15.3. The lowest BCUT2D eigenvalue weighted by atomic mass is 10.2. The van der Waals surface area contributed by atoms with Crippen molar-refractivity contribution < 1.29 is 9.90 Å². The third-order valence-electron chi connectivity index (χ3n) is 4.20. The van der Waals surface area contributed by atoms with E-state index in [4.69, 9.17) is 16.7 Å². The highest BCUT2D eigenvalue weighted by molar-refractivity contribution is 6.30. The molecule has 142 valence electrons. The molecule has 3 N–H and O–H groups in total. The Bertz CT molecular complexity index is 910. The van der Waals surface area contributed by atoms with Crippen LogP contribution in [0.1, 0.15) is 22.5 Å². The zero-order chi connectivity index (χ0) is 19.1. The predicted molar refractivity (Wildman–Crippen MR) is 107 cm³/mol. The van der Waals surface area contributed by atoms with Crippen LogP contribution in [0.15, 0.2) is 48.5 Å². The van der Waals surface area contributed by atoms with Crippen LogP contribution in [-0.4, -0.2) is 47.0 Å². The molecule has 0 fully saturated rings. The van der Waals surface area contributed by atoms with Crippen molar-refractivity contribution in [3.63, 3.8) is 0 Å². The second-order valence-electron chi connectivity index (χ2n) is 6.24. The third kappa shape index (κ3) is 5.07. The number of rotatable bonds is 9. The topological polar surface area (TPSA) is 79.2 Å². The number of carbonyl (C=O) groups excluding carboxylic acids is 1. The number of amides is 1. The van der Waals surface area contributed by atoms with E-state index in [-0.39, 0.29) is 12.5 Å². The highest BCUT2D eigenvalue weighted by Gasteiger charge is 2.16. The van der Waals surface area contributed by atoms with Crippen LogP contribution in [0.25, 0.3) is 10.9 Å². The summed E-state index contributed by atoms with van der Waals surface area (Å²) in [5.74, 6) is -0.182. The summed E-state index contributed by atoms with van der Waals surface area (Å²) in [5.41, 5.74) is 2.36. The first-order valence-electron chi connectivity index (χ1n) is 8.99. The van der Waals surface area contributed by atoms with Crippen molar-refractivity contribution in [2.24, 2.45) is 0 Å². The van der Waals surface area contributed by atoms with Crippen LogP contribution in [0, 0.1) is 0 Å². The molecule has 0 aliphatic heterocycles. The van der Waals surface area contributed by atoms with E-state index < -0.39 is 0 Å². The fraction of sp³-hybridized carbons (Fsp3) is 0.300. The number of nitrogens with one attached hydrogen (secondary N) is 2. The molecule has 0 radical (unpaired) electrons. The fourth-order valence-electron chi connectivity index (χ4n) is 2.93. The highest BCUT2D eigenvalue weighted by Crippen LogP contribution is 2.20. The van der Waals surface area contributed by atoms with Crippen molar-refractivity contribution in [3.05, 3.63) is 64.8 Å². The van der Waals surface area contributed by atoms with Crippen molar-refractivity contribution in [1.82, 2.24) is 20.4 Å². The number of fused-ring (bicyclic) bond motifs is 1. The smallest absolute Gasteiger partial charge is 0.272 e. The van der Waals surface area contributed by atoms with Gasteiger partial charge in [0, 0.05) is 23.5 Å². The van der Waals surface area contributed by atoms with Gasteiger partial charge in [0.15, 0.2) is 5.69 Å². The minimum Gasteiger partial charge on any atom is -0.395 e. The van der Waals surface area contributed by atoms with Crippen molar-refractivity contribution in [3.8, 4) is 0 Å². The molecule has 0 aliphatic rings. The quantitative estimate of drug-likeness (QED) is 0.493. The SMILES string of the molecule is O=C(NCCCNCCO)c1nn(Cc2cccc(Cl)c2)c2ccccc12. The monoisotopic (exact) mass is 386 g/mol. The van der Waals surface area contributed by atoms with Gasteiger partial charge in [-0.25, -0.2) is 0 Å². The Hall–Kier alpha value is -2.41. The Labute approximate surface area is 163 Å². The van der Waals surface area contributed by atoms with Crippen molar-refractivity contribution in [2.45, 2.75) is 13.0 Å². The number of carbonyl (C=O) groups is 1. The Morgan fingerprint density at radius 3 is 2.78 bits per heavy atom. The van der Waals surface area contributed by atoms with Crippen LogP contribution in [-0.2, 0) is 6.54 Å². The predicted octanol–water partition coefficient (Wildman–Crippen LogP) is 2.44. The van der Waals surface area contributed by atoms with Crippen LogP contribution in [0.5, 0.6) is 0 Å². The summed E-state index contributed by atoms with van der Waals surface area (Å²) in [5, 5.41) is 20.8. The van der Waals surface area contributed by atoms with E-state index in [0.717, 1.165) is 29.4 Å². The number of aliphatic hydroxyl groups excluding tert-OH is 1. The number of halogens is 1. The molecule has 0 bridgehead atoms. The van der Waals surface area contributed by atoms with Gasteiger partial charge in [-0.1, -0.05) is 41.9 Å².